The van der Waals surface area contributed by atoms with Gasteiger partial charge < -0.3 is 14.9 Å². The Morgan fingerprint density at radius 3 is 2.47 bits per heavy atom. The lowest BCUT2D eigenvalue weighted by molar-refractivity contribution is -0.126. The van der Waals surface area contributed by atoms with Gasteiger partial charge in [0.25, 0.3) is 0 Å². The molecule has 168 valence electrons. The van der Waals surface area contributed by atoms with E-state index >= 15 is 4.39 Å². The Hall–Kier alpha value is -3.26. The third-order valence-corrected chi connectivity index (χ3v) is 5.41. The van der Waals surface area contributed by atoms with Crippen molar-refractivity contribution < 1.29 is 18.7 Å². The van der Waals surface area contributed by atoms with Crippen LogP contribution >= 0.6 is 11.6 Å². The number of hydrogen-bond acceptors (Lipinski definition) is 5. The van der Waals surface area contributed by atoms with Crippen molar-refractivity contribution in [1.29, 1.82) is 0 Å². The molecule has 0 saturated carbocycles. The standard InChI is InChI=1S/C21H17ClF2N4O2.C2H6/c1-2-16(30)27-6-8-28(9-7-27)21-12-10-13(22)17(19(24)20(12)25-11-26-21)18-14(23)4-3-5-15(18)29;1-2/h2-5,10-11,29H,1,6-9H2;1-2H3. The third-order valence-electron chi connectivity index (χ3n) is 5.11. The average molecular weight is 461 g/mol. The van der Waals surface area contributed by atoms with Crippen molar-refractivity contribution in [3.05, 3.63) is 59.9 Å². The fraction of sp³-hybridized carbons (Fsp3) is 0.261. The minimum Gasteiger partial charge on any atom is -0.507 e. The summed E-state index contributed by atoms with van der Waals surface area (Å²) in [7, 11) is 0. The summed E-state index contributed by atoms with van der Waals surface area (Å²) < 4.78 is 29.7. The Balaban J connectivity index is 0.00000141. The van der Waals surface area contributed by atoms with E-state index in [2.05, 4.69) is 16.5 Å². The van der Waals surface area contributed by atoms with Gasteiger partial charge in [-0.25, -0.2) is 18.7 Å². The van der Waals surface area contributed by atoms with Gasteiger partial charge in [0, 0.05) is 37.1 Å². The van der Waals surface area contributed by atoms with E-state index in [4.69, 9.17) is 11.6 Å². The minimum absolute atomic E-state index is 0.0355. The minimum atomic E-state index is -0.845. The van der Waals surface area contributed by atoms with Crippen LogP contribution in [0.2, 0.25) is 5.02 Å². The topological polar surface area (TPSA) is 69.6 Å². The van der Waals surface area contributed by atoms with Gasteiger partial charge in [-0.2, -0.15) is 0 Å². The molecule has 1 aliphatic rings. The van der Waals surface area contributed by atoms with Crippen LogP contribution in [-0.4, -0.2) is 52.1 Å². The molecular formula is C23H23ClF2N4O2. The molecule has 4 rings (SSSR count). The molecule has 0 radical (unpaired) electrons. The third kappa shape index (κ3) is 4.23. The van der Waals surface area contributed by atoms with Gasteiger partial charge in [-0.15, -0.1) is 0 Å². The number of rotatable bonds is 3. The number of phenols is 1. The van der Waals surface area contributed by atoms with Crippen LogP contribution in [0.5, 0.6) is 5.75 Å². The number of piperazine rings is 1. The highest BCUT2D eigenvalue weighted by Gasteiger charge is 2.26. The molecule has 32 heavy (non-hydrogen) atoms. The van der Waals surface area contributed by atoms with Gasteiger partial charge in [0.1, 0.15) is 29.2 Å². The molecule has 1 N–H and O–H groups in total. The zero-order valence-corrected chi connectivity index (χ0v) is 18.5. The van der Waals surface area contributed by atoms with E-state index in [-0.39, 0.29) is 27.6 Å². The zero-order valence-electron chi connectivity index (χ0n) is 17.8. The van der Waals surface area contributed by atoms with E-state index in [9.17, 15) is 14.3 Å². The molecule has 1 amide bonds. The zero-order chi connectivity index (χ0) is 23.4. The first-order chi connectivity index (χ1) is 15.4. The van der Waals surface area contributed by atoms with Crippen LogP contribution in [0.1, 0.15) is 13.8 Å². The maximum absolute atomic E-state index is 15.4. The van der Waals surface area contributed by atoms with Crippen molar-refractivity contribution in [1.82, 2.24) is 14.9 Å². The van der Waals surface area contributed by atoms with Gasteiger partial charge in [-0.3, -0.25) is 4.79 Å². The number of aromatic hydroxyl groups is 1. The molecule has 1 saturated heterocycles. The van der Waals surface area contributed by atoms with Crippen molar-refractivity contribution >= 4 is 34.2 Å². The number of nitrogens with zero attached hydrogens (tertiary/aromatic N) is 4. The van der Waals surface area contributed by atoms with E-state index in [1.54, 1.807) is 4.90 Å². The van der Waals surface area contributed by atoms with E-state index in [1.165, 1.54) is 30.6 Å². The highest BCUT2D eigenvalue weighted by atomic mass is 35.5. The molecule has 1 fully saturated rings. The Kier molecular flexibility index (Phi) is 7.25. The predicted octanol–water partition coefficient (Wildman–Crippen LogP) is 4.79. The first kappa shape index (κ1) is 23.4. The van der Waals surface area contributed by atoms with Gasteiger partial charge in [0.05, 0.1) is 10.6 Å². The number of anilines is 1. The number of carbonyl (C=O) groups excluding carboxylic acids is 1. The molecule has 1 aromatic heterocycles. The average Bonchev–Trinajstić information content (AvgIpc) is 2.81. The Bertz CT molecular complexity index is 1140. The Morgan fingerprint density at radius 1 is 1.16 bits per heavy atom. The molecule has 1 aliphatic heterocycles. The van der Waals surface area contributed by atoms with Crippen LogP contribution < -0.4 is 4.90 Å². The summed E-state index contributed by atoms with van der Waals surface area (Å²) in [6, 6.07) is 5.16. The quantitative estimate of drug-likeness (QED) is 0.569. The van der Waals surface area contributed by atoms with Gasteiger partial charge in [-0.1, -0.05) is 38.1 Å². The molecular weight excluding hydrogens is 438 g/mol. The maximum Gasteiger partial charge on any atom is 0.246 e. The van der Waals surface area contributed by atoms with Crippen LogP contribution in [0.4, 0.5) is 14.6 Å². The van der Waals surface area contributed by atoms with Crippen LogP contribution in [-0.2, 0) is 4.79 Å². The summed E-state index contributed by atoms with van der Waals surface area (Å²) in [5.41, 5.74) is -0.615. The maximum atomic E-state index is 15.4. The van der Waals surface area contributed by atoms with E-state index in [1.807, 2.05) is 18.7 Å². The van der Waals surface area contributed by atoms with Crippen LogP contribution in [0.3, 0.4) is 0 Å². The lowest BCUT2D eigenvalue weighted by Crippen LogP contribution is -2.48. The van der Waals surface area contributed by atoms with Crippen molar-refractivity contribution in [2.45, 2.75) is 13.8 Å². The highest BCUT2D eigenvalue weighted by molar-refractivity contribution is 6.34. The van der Waals surface area contributed by atoms with Crippen molar-refractivity contribution in [2.75, 3.05) is 31.1 Å². The summed E-state index contributed by atoms with van der Waals surface area (Å²) in [6.07, 6.45) is 2.49. The lowest BCUT2D eigenvalue weighted by Gasteiger charge is -2.35. The molecule has 9 heteroatoms. The van der Waals surface area contributed by atoms with Gasteiger partial charge in [0.15, 0.2) is 5.82 Å². The summed E-state index contributed by atoms with van der Waals surface area (Å²) in [5.74, 6) is -1.75. The summed E-state index contributed by atoms with van der Waals surface area (Å²) in [4.78, 5) is 23.7. The second-order valence-corrected chi connectivity index (χ2v) is 7.20. The number of halogens is 3. The largest absolute Gasteiger partial charge is 0.507 e. The molecule has 0 bridgehead atoms. The summed E-state index contributed by atoms with van der Waals surface area (Å²) >= 11 is 6.33. The van der Waals surface area contributed by atoms with Crippen LogP contribution in [0.25, 0.3) is 22.0 Å². The Labute approximate surface area is 189 Å². The van der Waals surface area contributed by atoms with Gasteiger partial charge >= 0.3 is 0 Å². The first-order valence-electron chi connectivity index (χ1n) is 10.2. The molecule has 6 nitrogen and oxygen atoms in total. The van der Waals surface area contributed by atoms with Crippen molar-refractivity contribution in [3.8, 4) is 16.9 Å². The molecule has 3 aromatic rings. The fourth-order valence-corrected chi connectivity index (χ4v) is 3.91. The number of amides is 1. The molecule has 2 aromatic carbocycles. The molecule has 2 heterocycles. The molecule has 0 unspecified atom stereocenters. The number of carbonyl (C=O) groups is 1. The fourth-order valence-electron chi connectivity index (χ4n) is 3.63. The van der Waals surface area contributed by atoms with Crippen molar-refractivity contribution in [3.63, 3.8) is 0 Å². The second kappa shape index (κ2) is 9.91. The van der Waals surface area contributed by atoms with E-state index < -0.39 is 17.4 Å². The highest BCUT2D eigenvalue weighted by Crippen LogP contribution is 2.42. The van der Waals surface area contributed by atoms with Gasteiger partial charge in [-0.05, 0) is 24.3 Å². The lowest BCUT2D eigenvalue weighted by atomic mass is 10.0. The number of hydrogen-bond donors (Lipinski definition) is 1. The second-order valence-electron chi connectivity index (χ2n) is 6.79. The monoisotopic (exact) mass is 460 g/mol. The van der Waals surface area contributed by atoms with Gasteiger partial charge in [0.2, 0.25) is 5.91 Å². The van der Waals surface area contributed by atoms with Crippen LogP contribution in [0, 0.1) is 11.6 Å². The molecule has 0 aliphatic carbocycles. The summed E-state index contributed by atoms with van der Waals surface area (Å²) in [5, 5.41) is 10.4. The Morgan fingerprint density at radius 2 is 1.84 bits per heavy atom. The first-order valence-corrected chi connectivity index (χ1v) is 10.6. The molecule has 0 spiro atoms. The summed E-state index contributed by atoms with van der Waals surface area (Å²) in [6.45, 7) is 9.40. The predicted molar refractivity (Wildman–Crippen MR) is 122 cm³/mol. The normalized spacial score (nSPS) is 13.5. The number of benzene rings is 2. The number of aromatic nitrogens is 2. The molecule has 0 atom stereocenters. The number of phenolic OH excluding ortho intramolecular Hbond substituents is 1. The van der Waals surface area contributed by atoms with Crippen LogP contribution in [0.15, 0.2) is 43.2 Å². The van der Waals surface area contributed by atoms with E-state index in [0.29, 0.717) is 37.4 Å². The number of fused-ring (bicyclic) bond motifs is 1. The van der Waals surface area contributed by atoms with E-state index in [0.717, 1.165) is 6.07 Å². The smallest absolute Gasteiger partial charge is 0.246 e. The van der Waals surface area contributed by atoms with Crippen molar-refractivity contribution in [2.24, 2.45) is 0 Å². The SMILES string of the molecule is C=CC(=O)N1CCN(c2ncnc3c(F)c(-c4c(O)cccc4F)c(Cl)cc23)CC1.CC.